The van der Waals surface area contributed by atoms with Crippen LogP contribution in [0.4, 0.5) is 11.4 Å². The number of anilines is 2. The molecule has 1 spiro atoms. The van der Waals surface area contributed by atoms with Crippen molar-refractivity contribution in [3.05, 3.63) is 29.5 Å². The van der Waals surface area contributed by atoms with E-state index in [9.17, 15) is 10.0 Å². The van der Waals surface area contributed by atoms with Crippen LogP contribution in [0.2, 0.25) is 0 Å². The van der Waals surface area contributed by atoms with Gasteiger partial charge in [0.05, 0.1) is 23.8 Å². The van der Waals surface area contributed by atoms with Gasteiger partial charge in [0, 0.05) is 44.3 Å². The van der Waals surface area contributed by atoms with Gasteiger partial charge < -0.3 is 24.8 Å². The number of esters is 1. The molecule has 8 heteroatoms. The Kier molecular flexibility index (Phi) is 5.14. The van der Waals surface area contributed by atoms with Gasteiger partial charge >= 0.3 is 5.97 Å². The molecule has 2 aliphatic carbocycles. The molecule has 1 N–H and O–H groups in total. The van der Waals surface area contributed by atoms with Crippen molar-refractivity contribution in [1.82, 2.24) is 4.90 Å². The van der Waals surface area contributed by atoms with Crippen LogP contribution in [0.1, 0.15) is 39.0 Å². The van der Waals surface area contributed by atoms with E-state index in [0.29, 0.717) is 11.8 Å². The molecule has 6 atom stereocenters. The molecule has 3 aliphatic heterocycles. The highest BCUT2D eigenvalue weighted by atomic mass is 16.8. The lowest BCUT2D eigenvalue weighted by molar-refractivity contribution is -0.147. The Morgan fingerprint density at radius 1 is 1.18 bits per heavy atom. The molecule has 0 unspecified atom stereocenters. The summed E-state index contributed by atoms with van der Waals surface area (Å²) in [4.78, 5) is 17.6. The molecule has 33 heavy (non-hydrogen) atoms. The molecule has 3 heterocycles. The van der Waals surface area contributed by atoms with Gasteiger partial charge in [0.25, 0.3) is 0 Å². The lowest BCUT2D eigenvalue weighted by Crippen LogP contribution is -2.52. The van der Waals surface area contributed by atoms with Gasteiger partial charge in [0.2, 0.25) is 0 Å². The summed E-state index contributed by atoms with van der Waals surface area (Å²) >= 11 is 0. The first-order valence-corrected chi connectivity index (χ1v) is 12.4. The summed E-state index contributed by atoms with van der Waals surface area (Å²) in [7, 11) is 0. The van der Waals surface area contributed by atoms with Crippen molar-refractivity contribution in [3.63, 3.8) is 0 Å². The van der Waals surface area contributed by atoms with Gasteiger partial charge in [0.1, 0.15) is 6.10 Å². The molecular formula is C25H34N3O5-. The maximum Gasteiger partial charge on any atom is 0.310 e. The number of fused-ring (bicyclic) bond motifs is 3. The zero-order valence-corrected chi connectivity index (χ0v) is 19.3. The molecule has 3 saturated heterocycles. The van der Waals surface area contributed by atoms with Crippen LogP contribution in [0.15, 0.2) is 24.3 Å². The summed E-state index contributed by atoms with van der Waals surface area (Å²) in [6, 6.07) is 6.98. The third kappa shape index (κ3) is 3.71. The van der Waals surface area contributed by atoms with Crippen molar-refractivity contribution in [2.45, 2.75) is 50.7 Å². The highest BCUT2D eigenvalue weighted by Crippen LogP contribution is 2.62. The lowest BCUT2D eigenvalue weighted by atomic mass is 9.53. The van der Waals surface area contributed by atoms with E-state index < -0.39 is 0 Å². The van der Waals surface area contributed by atoms with E-state index in [2.05, 4.69) is 16.7 Å². The van der Waals surface area contributed by atoms with Crippen LogP contribution in [0.25, 0.3) is 0 Å². The largest absolute Gasteiger partial charge is 0.733 e. The van der Waals surface area contributed by atoms with Gasteiger partial charge in [-0.15, -0.1) is 0 Å². The average Bonchev–Trinajstić information content (AvgIpc) is 3.51. The molecule has 0 aromatic heterocycles. The number of benzene rings is 1. The predicted octanol–water partition coefficient (Wildman–Crippen LogP) is 3.03. The van der Waals surface area contributed by atoms with Gasteiger partial charge in [-0.3, -0.25) is 14.9 Å². The van der Waals surface area contributed by atoms with E-state index in [4.69, 9.17) is 14.7 Å². The van der Waals surface area contributed by atoms with E-state index in [1.165, 1.54) is 19.3 Å². The molecule has 180 valence electrons. The van der Waals surface area contributed by atoms with Crippen LogP contribution < -0.4 is 10.1 Å². The second-order valence-corrected chi connectivity index (χ2v) is 11.2. The number of carbonyl (C=O) groups excluding carboxylic acids is 1. The maximum atomic E-state index is 12.9. The minimum absolute atomic E-state index is 0.00204. The number of epoxide rings is 1. The van der Waals surface area contributed by atoms with Gasteiger partial charge in [-0.05, 0) is 67.7 Å². The summed E-state index contributed by atoms with van der Waals surface area (Å²) in [5, 5.41) is 19.9. The monoisotopic (exact) mass is 456 g/mol. The Balaban J connectivity index is 1.09. The standard InChI is InChI=1S/C25H34N3O5/c1-24-7-2-8-25(16-32-25)22(24)13-19-20(23(29)33-21(19)14-24)15-26-9-11-27(12-10-26)17-3-5-18(6-4-17)28(30)31/h3-6,19-22,30H,2,7-16H2,1H3/q-1/t19-,20+,21+,22-,24+,25-/m0/s1. The molecule has 0 radical (unpaired) electrons. The van der Waals surface area contributed by atoms with Crippen LogP contribution in [0.3, 0.4) is 0 Å². The van der Waals surface area contributed by atoms with Crippen LogP contribution in [0.5, 0.6) is 0 Å². The first-order chi connectivity index (χ1) is 15.9. The molecule has 5 aliphatic rings. The maximum absolute atomic E-state index is 12.9. The van der Waals surface area contributed by atoms with Crippen molar-refractivity contribution >= 4 is 17.3 Å². The number of ether oxygens (including phenoxy) is 2. The van der Waals surface area contributed by atoms with E-state index in [1.807, 2.05) is 12.1 Å². The summed E-state index contributed by atoms with van der Waals surface area (Å²) < 4.78 is 12.0. The second-order valence-electron chi connectivity index (χ2n) is 11.2. The molecule has 5 fully saturated rings. The smallest absolute Gasteiger partial charge is 0.310 e. The van der Waals surface area contributed by atoms with Crippen LogP contribution >= 0.6 is 0 Å². The highest BCUT2D eigenvalue weighted by molar-refractivity contribution is 5.75. The molecule has 6 rings (SSSR count). The van der Waals surface area contributed by atoms with Crippen LogP contribution in [-0.4, -0.2) is 67.1 Å². The van der Waals surface area contributed by atoms with Crippen LogP contribution in [0, 0.1) is 28.4 Å². The summed E-state index contributed by atoms with van der Waals surface area (Å²) in [5.41, 5.74) is 1.60. The fraction of sp³-hybridized carbons (Fsp3) is 0.720. The lowest BCUT2D eigenvalue weighted by Gasteiger charge is -2.51. The fourth-order valence-corrected chi connectivity index (χ4v) is 7.42. The number of rotatable bonds is 4. The molecule has 1 aromatic carbocycles. The Hall–Kier alpha value is -1.87. The molecule has 1 aromatic rings. The SMILES string of the molecule is C[C@]12CCC[C@]3(CO3)[C@H]1C[C@@H]1[C@@H](C2)OC(=O)[C@@H]1CN1CCN(c2ccc(N([O-])O)cc2)CC1. The van der Waals surface area contributed by atoms with Crippen molar-refractivity contribution in [2.75, 3.05) is 49.5 Å². The third-order valence-electron chi connectivity index (χ3n) is 9.34. The first kappa shape index (κ1) is 21.6. The minimum atomic E-state index is -0.117. The Bertz CT molecular complexity index is 896. The highest BCUT2D eigenvalue weighted by Gasteiger charge is 2.65. The second kappa shape index (κ2) is 7.83. The van der Waals surface area contributed by atoms with Crippen molar-refractivity contribution in [1.29, 1.82) is 0 Å². The van der Waals surface area contributed by atoms with E-state index >= 15 is 0 Å². The summed E-state index contributed by atoms with van der Waals surface area (Å²) in [5.74, 6) is 0.840. The van der Waals surface area contributed by atoms with Gasteiger partial charge in [-0.2, -0.15) is 0 Å². The van der Waals surface area contributed by atoms with Gasteiger partial charge in [-0.25, -0.2) is 0 Å². The first-order valence-electron chi connectivity index (χ1n) is 12.4. The number of piperazine rings is 1. The molecule has 8 nitrogen and oxygen atoms in total. The summed E-state index contributed by atoms with van der Waals surface area (Å²) in [6.07, 6.45) is 5.76. The normalized spacial score (nSPS) is 40.3. The Morgan fingerprint density at radius 2 is 1.91 bits per heavy atom. The number of hydrogen-bond acceptors (Lipinski definition) is 8. The number of nitrogens with zero attached hydrogens (tertiary/aromatic N) is 3. The van der Waals surface area contributed by atoms with Crippen molar-refractivity contribution in [2.24, 2.45) is 23.2 Å². The topological polar surface area (TPSA) is 91.8 Å². The Labute approximate surface area is 195 Å². The zero-order chi connectivity index (χ0) is 22.8. The molecular weight excluding hydrogens is 422 g/mol. The van der Waals surface area contributed by atoms with Crippen molar-refractivity contribution in [3.8, 4) is 0 Å². The van der Waals surface area contributed by atoms with Crippen molar-refractivity contribution < 1.29 is 19.5 Å². The fourth-order valence-electron chi connectivity index (χ4n) is 7.42. The predicted molar refractivity (Wildman–Crippen MR) is 123 cm³/mol. The molecule has 0 amide bonds. The Morgan fingerprint density at radius 3 is 2.58 bits per heavy atom. The zero-order valence-electron chi connectivity index (χ0n) is 19.3. The molecule has 2 saturated carbocycles. The number of carbonyl (C=O) groups is 1. The minimum Gasteiger partial charge on any atom is -0.733 e. The molecule has 0 bridgehead atoms. The average molecular weight is 457 g/mol. The van der Waals surface area contributed by atoms with E-state index in [-0.39, 0.29) is 39.9 Å². The number of hydrogen-bond donors (Lipinski definition) is 1. The van der Waals surface area contributed by atoms with Gasteiger partial charge in [-0.1, -0.05) is 6.92 Å². The van der Waals surface area contributed by atoms with Crippen LogP contribution in [-0.2, 0) is 14.3 Å². The quantitative estimate of drug-likeness (QED) is 0.420. The van der Waals surface area contributed by atoms with E-state index in [0.717, 1.165) is 57.9 Å². The van der Waals surface area contributed by atoms with E-state index in [1.54, 1.807) is 12.1 Å². The van der Waals surface area contributed by atoms with Gasteiger partial charge in [0.15, 0.2) is 0 Å². The summed E-state index contributed by atoms with van der Waals surface area (Å²) in [6.45, 7) is 7.60. The third-order valence-corrected chi connectivity index (χ3v) is 9.34.